The molecule has 2 aromatic heterocycles. The van der Waals surface area contributed by atoms with Crippen molar-refractivity contribution in [3.63, 3.8) is 0 Å². The molecule has 4 nitrogen and oxygen atoms in total. The maximum absolute atomic E-state index is 14.5. The van der Waals surface area contributed by atoms with Crippen molar-refractivity contribution in [1.82, 2.24) is 9.78 Å². The van der Waals surface area contributed by atoms with Crippen LogP contribution in [0.3, 0.4) is 0 Å². The van der Waals surface area contributed by atoms with Gasteiger partial charge in [-0.25, -0.2) is 9.07 Å². The predicted octanol–water partition coefficient (Wildman–Crippen LogP) is 4.25. The lowest BCUT2D eigenvalue weighted by Crippen LogP contribution is -2.36. The van der Waals surface area contributed by atoms with Gasteiger partial charge in [-0.1, -0.05) is 6.07 Å². The molecular formula is C20H14F4N3O+. The highest BCUT2D eigenvalue weighted by molar-refractivity contribution is 6.01. The second-order valence-electron chi connectivity index (χ2n) is 6.99. The topological polar surface area (TPSA) is 41.7 Å². The Hall–Kier alpha value is -3.16. The Morgan fingerprint density at radius 2 is 1.79 bits per heavy atom. The highest BCUT2D eigenvalue weighted by Gasteiger charge is 2.37. The number of halogens is 4. The first-order valence-electron chi connectivity index (χ1n) is 8.79. The number of fused-ring (bicyclic) bond motifs is 3. The van der Waals surface area contributed by atoms with Gasteiger partial charge in [0.25, 0.3) is 5.52 Å². The molecule has 1 aliphatic rings. The normalized spacial score (nSPS) is 14.9. The smallest absolute Gasteiger partial charge is 0.284 e. The number of benzene rings is 2. The number of nitrogens with one attached hydrogen (secondary N) is 1. The Bertz CT molecular complexity index is 1280. The number of nitrogens with zero attached hydrogens (tertiary/aromatic N) is 2. The number of hydrogen-bond acceptors (Lipinski definition) is 1. The number of aromatic nitrogens is 3. The summed E-state index contributed by atoms with van der Waals surface area (Å²) < 4.78 is 56.0. The van der Waals surface area contributed by atoms with Gasteiger partial charge in [-0.05, 0) is 36.4 Å². The molecule has 0 unspecified atom stereocenters. The molecule has 1 aliphatic carbocycles. The van der Waals surface area contributed by atoms with E-state index in [0.717, 1.165) is 29.7 Å². The van der Waals surface area contributed by atoms with Crippen LogP contribution >= 0.6 is 0 Å². The van der Waals surface area contributed by atoms with Gasteiger partial charge in [0.15, 0.2) is 12.2 Å². The summed E-state index contributed by atoms with van der Waals surface area (Å²) in [5.41, 5.74) is -0.315. The number of aromatic amines is 1. The third-order valence-corrected chi connectivity index (χ3v) is 5.09. The summed E-state index contributed by atoms with van der Waals surface area (Å²) in [5, 5.41) is 3.85. The molecule has 0 atom stereocenters. The highest BCUT2D eigenvalue weighted by Crippen LogP contribution is 2.33. The summed E-state index contributed by atoms with van der Waals surface area (Å²) in [5.74, 6) is -0.466. The summed E-state index contributed by atoms with van der Waals surface area (Å²) in [4.78, 5) is 13.1. The van der Waals surface area contributed by atoms with Gasteiger partial charge in [0, 0.05) is 12.8 Å². The molecule has 8 heteroatoms. The Balaban J connectivity index is 1.80. The van der Waals surface area contributed by atoms with Gasteiger partial charge in [-0.15, -0.1) is 0 Å². The molecule has 0 bridgehead atoms. The lowest BCUT2D eigenvalue weighted by atomic mass is 10.1. The van der Waals surface area contributed by atoms with Crippen molar-refractivity contribution in [2.24, 2.45) is 0 Å². The minimum atomic E-state index is -4.46. The van der Waals surface area contributed by atoms with Gasteiger partial charge in [0.05, 0.1) is 22.0 Å². The third-order valence-electron chi connectivity index (χ3n) is 5.09. The van der Waals surface area contributed by atoms with Gasteiger partial charge < -0.3 is 0 Å². The Morgan fingerprint density at radius 3 is 2.43 bits per heavy atom. The van der Waals surface area contributed by atoms with Crippen molar-refractivity contribution in [2.75, 3.05) is 0 Å². The van der Waals surface area contributed by atoms with E-state index in [0.29, 0.717) is 16.4 Å². The van der Waals surface area contributed by atoms with Crippen LogP contribution in [-0.4, -0.2) is 9.78 Å². The highest BCUT2D eigenvalue weighted by atomic mass is 19.4. The molecule has 1 fully saturated rings. The minimum Gasteiger partial charge on any atom is -0.284 e. The molecule has 5 rings (SSSR count). The minimum absolute atomic E-state index is 0.166. The van der Waals surface area contributed by atoms with Crippen molar-refractivity contribution >= 4 is 21.8 Å². The van der Waals surface area contributed by atoms with Crippen LogP contribution in [-0.2, 0) is 6.18 Å². The molecule has 0 aliphatic heterocycles. The van der Waals surface area contributed by atoms with E-state index in [1.807, 2.05) is 4.57 Å². The van der Waals surface area contributed by atoms with Crippen LogP contribution < -0.4 is 10.1 Å². The molecule has 0 saturated heterocycles. The maximum Gasteiger partial charge on any atom is 0.416 e. The SMILES string of the molecule is O=c1c2c([nH]n1-c1ccc(C(F)(F)F)cc1)c1c(F)cccc1c[n+]2C1CC1. The Morgan fingerprint density at radius 1 is 1.07 bits per heavy atom. The van der Waals surface area contributed by atoms with Crippen molar-refractivity contribution in [3.05, 3.63) is 70.4 Å². The fraction of sp³-hybridized carbons (Fsp3) is 0.200. The first-order chi connectivity index (χ1) is 13.3. The summed E-state index contributed by atoms with van der Waals surface area (Å²) in [7, 11) is 0. The van der Waals surface area contributed by atoms with Crippen LogP contribution in [0.4, 0.5) is 17.6 Å². The van der Waals surface area contributed by atoms with E-state index in [9.17, 15) is 22.4 Å². The van der Waals surface area contributed by atoms with Crippen molar-refractivity contribution in [3.8, 4) is 5.69 Å². The average Bonchev–Trinajstić information content (AvgIpc) is 3.44. The molecule has 2 heterocycles. The zero-order chi connectivity index (χ0) is 19.6. The first kappa shape index (κ1) is 17.0. The molecular weight excluding hydrogens is 374 g/mol. The van der Waals surface area contributed by atoms with E-state index in [2.05, 4.69) is 5.10 Å². The van der Waals surface area contributed by atoms with E-state index < -0.39 is 23.1 Å². The number of hydrogen-bond donors (Lipinski definition) is 1. The third kappa shape index (κ3) is 2.51. The second kappa shape index (κ2) is 5.67. The zero-order valence-corrected chi connectivity index (χ0v) is 14.4. The van der Waals surface area contributed by atoms with Crippen LogP contribution in [0.15, 0.2) is 53.5 Å². The van der Waals surface area contributed by atoms with Gasteiger partial charge in [0.1, 0.15) is 11.3 Å². The molecule has 28 heavy (non-hydrogen) atoms. The van der Waals surface area contributed by atoms with Crippen molar-refractivity contribution in [1.29, 1.82) is 0 Å². The van der Waals surface area contributed by atoms with E-state index in [-0.39, 0.29) is 17.1 Å². The quantitative estimate of drug-likeness (QED) is 0.405. The monoisotopic (exact) mass is 388 g/mol. The molecule has 1 N–H and O–H groups in total. The molecule has 0 amide bonds. The predicted molar refractivity (Wildman–Crippen MR) is 94.8 cm³/mol. The van der Waals surface area contributed by atoms with Gasteiger partial charge in [0.2, 0.25) is 0 Å². The van der Waals surface area contributed by atoms with E-state index >= 15 is 0 Å². The van der Waals surface area contributed by atoms with E-state index in [1.165, 1.54) is 18.2 Å². The summed E-state index contributed by atoms with van der Waals surface area (Å²) in [6.45, 7) is 0. The zero-order valence-electron chi connectivity index (χ0n) is 14.4. The fourth-order valence-corrected chi connectivity index (χ4v) is 3.59. The van der Waals surface area contributed by atoms with Gasteiger partial charge >= 0.3 is 11.7 Å². The lowest BCUT2D eigenvalue weighted by Gasteiger charge is -2.07. The van der Waals surface area contributed by atoms with Crippen molar-refractivity contribution in [2.45, 2.75) is 25.1 Å². The summed E-state index contributed by atoms with van der Waals surface area (Å²) in [6.07, 6.45) is -0.847. The Labute approximate surface area is 155 Å². The number of pyridine rings is 1. The van der Waals surface area contributed by atoms with E-state index in [1.54, 1.807) is 18.3 Å². The molecule has 2 aromatic carbocycles. The maximum atomic E-state index is 14.5. The van der Waals surface area contributed by atoms with Crippen LogP contribution in [0.5, 0.6) is 0 Å². The second-order valence-corrected chi connectivity index (χ2v) is 6.99. The first-order valence-corrected chi connectivity index (χ1v) is 8.79. The van der Waals surface area contributed by atoms with Crippen LogP contribution in [0.1, 0.15) is 24.4 Å². The molecule has 0 radical (unpaired) electrons. The van der Waals surface area contributed by atoms with E-state index in [4.69, 9.17) is 0 Å². The van der Waals surface area contributed by atoms with Gasteiger partial charge in [-0.2, -0.15) is 17.7 Å². The lowest BCUT2D eigenvalue weighted by molar-refractivity contribution is -0.674. The molecule has 0 spiro atoms. The van der Waals surface area contributed by atoms with Crippen LogP contribution in [0, 0.1) is 5.82 Å². The van der Waals surface area contributed by atoms with Crippen LogP contribution in [0.2, 0.25) is 0 Å². The molecule has 1 saturated carbocycles. The molecule has 4 aromatic rings. The Kier molecular flexibility index (Phi) is 3.44. The standard InChI is InChI=1S/C20H13F4N3O/c21-15-3-1-2-11-10-26(13-8-9-13)18-17(16(11)15)25-27(19(18)28)14-6-4-12(5-7-14)20(22,23)24/h1-7,10,13H,8-9H2/p+1. The van der Waals surface area contributed by atoms with Crippen molar-refractivity contribution < 1.29 is 22.1 Å². The number of H-pyrrole nitrogens is 1. The number of alkyl halides is 3. The number of rotatable bonds is 2. The summed E-state index contributed by atoms with van der Waals surface area (Å²) in [6, 6.07) is 9.13. The largest absolute Gasteiger partial charge is 0.416 e. The average molecular weight is 388 g/mol. The summed E-state index contributed by atoms with van der Waals surface area (Å²) >= 11 is 0. The van der Waals surface area contributed by atoms with Crippen LogP contribution in [0.25, 0.3) is 27.5 Å². The molecule has 142 valence electrons. The van der Waals surface area contributed by atoms with Gasteiger partial charge in [-0.3, -0.25) is 9.89 Å². The fourth-order valence-electron chi connectivity index (χ4n) is 3.59.